The zero-order valence-corrected chi connectivity index (χ0v) is 13.6. The summed E-state index contributed by atoms with van der Waals surface area (Å²) in [4.78, 5) is 14.3. The Bertz CT molecular complexity index is 698. The molecule has 0 aliphatic carbocycles. The van der Waals surface area contributed by atoms with Crippen LogP contribution < -0.4 is 0 Å². The molecule has 3 rings (SSSR count). The van der Waals surface area contributed by atoms with Crippen LogP contribution in [0.3, 0.4) is 0 Å². The fourth-order valence-corrected chi connectivity index (χ4v) is 3.27. The molecule has 1 amide bonds. The van der Waals surface area contributed by atoms with Gasteiger partial charge in [0.05, 0.1) is 6.42 Å². The van der Waals surface area contributed by atoms with E-state index in [1.807, 2.05) is 11.6 Å². The fraction of sp³-hybridized carbons (Fsp3) is 0.438. The summed E-state index contributed by atoms with van der Waals surface area (Å²) < 4.78 is 15.7. The summed E-state index contributed by atoms with van der Waals surface area (Å²) in [5.74, 6) is 0.499. The number of likely N-dealkylation sites (tertiary alicyclic amines) is 1. The first-order valence-electron chi connectivity index (χ1n) is 7.61. The Morgan fingerprint density at radius 2 is 2.30 bits per heavy atom. The Labute approximate surface area is 139 Å². The molecule has 7 heteroatoms. The lowest BCUT2D eigenvalue weighted by molar-refractivity contribution is -0.131. The molecule has 0 N–H and O–H groups in total. The van der Waals surface area contributed by atoms with Crippen molar-refractivity contribution in [1.82, 2.24) is 19.7 Å². The van der Waals surface area contributed by atoms with Crippen molar-refractivity contribution < 1.29 is 9.18 Å². The standard InChI is InChI=1S/C16H18ClFN4O/c1-21-10-19-20-16(21)11-4-3-7-22(9-11)15(23)8-12-13(17)5-2-6-14(12)18/h2,5-6,10-11H,3-4,7-9H2,1H3/t11-/m1/s1. The minimum Gasteiger partial charge on any atom is -0.342 e. The van der Waals surface area contributed by atoms with Gasteiger partial charge in [0.25, 0.3) is 0 Å². The predicted molar refractivity (Wildman–Crippen MR) is 84.7 cm³/mol. The highest BCUT2D eigenvalue weighted by Crippen LogP contribution is 2.26. The Hall–Kier alpha value is -1.95. The molecule has 1 aliphatic heterocycles. The van der Waals surface area contributed by atoms with Crippen LogP contribution in [-0.2, 0) is 18.3 Å². The minimum absolute atomic E-state index is 0.0168. The molecule has 5 nitrogen and oxygen atoms in total. The van der Waals surface area contributed by atoms with Gasteiger partial charge in [0, 0.05) is 36.6 Å². The van der Waals surface area contributed by atoms with E-state index in [9.17, 15) is 9.18 Å². The third-order valence-electron chi connectivity index (χ3n) is 4.28. The molecule has 23 heavy (non-hydrogen) atoms. The Morgan fingerprint density at radius 1 is 1.48 bits per heavy atom. The zero-order valence-electron chi connectivity index (χ0n) is 12.9. The van der Waals surface area contributed by atoms with Crippen LogP contribution in [0.25, 0.3) is 0 Å². The molecule has 0 saturated carbocycles. The summed E-state index contributed by atoms with van der Waals surface area (Å²) in [6, 6.07) is 4.47. The molecule has 0 unspecified atom stereocenters. The average molecular weight is 337 g/mol. The molecule has 0 bridgehead atoms. The quantitative estimate of drug-likeness (QED) is 0.865. The molecule has 1 atom stereocenters. The molecule has 0 radical (unpaired) electrons. The van der Waals surface area contributed by atoms with Gasteiger partial charge in [0.15, 0.2) is 0 Å². The molecule has 1 aliphatic rings. The number of benzene rings is 1. The number of aromatic nitrogens is 3. The number of halogens is 2. The first kappa shape index (κ1) is 15.9. The molecular weight excluding hydrogens is 319 g/mol. The molecule has 1 aromatic heterocycles. The third kappa shape index (κ3) is 3.37. The summed E-state index contributed by atoms with van der Waals surface area (Å²) in [5, 5.41) is 8.33. The van der Waals surface area contributed by atoms with Gasteiger partial charge in [-0.3, -0.25) is 4.79 Å². The van der Waals surface area contributed by atoms with Crippen molar-refractivity contribution in [3.8, 4) is 0 Å². The van der Waals surface area contributed by atoms with E-state index in [1.165, 1.54) is 12.1 Å². The van der Waals surface area contributed by atoms with Crippen LogP contribution >= 0.6 is 11.6 Å². The van der Waals surface area contributed by atoms with Crippen LogP contribution in [0.4, 0.5) is 4.39 Å². The number of nitrogens with zero attached hydrogens (tertiary/aromatic N) is 4. The van der Waals surface area contributed by atoms with Gasteiger partial charge in [0.1, 0.15) is 18.0 Å². The zero-order chi connectivity index (χ0) is 16.4. The maximum absolute atomic E-state index is 13.9. The van der Waals surface area contributed by atoms with Gasteiger partial charge < -0.3 is 9.47 Å². The van der Waals surface area contributed by atoms with Gasteiger partial charge >= 0.3 is 0 Å². The van der Waals surface area contributed by atoms with E-state index in [-0.39, 0.29) is 23.8 Å². The predicted octanol–water partition coefficient (Wildman–Crippen LogP) is 2.56. The van der Waals surface area contributed by atoms with Crippen LogP contribution in [-0.4, -0.2) is 38.7 Å². The first-order valence-corrected chi connectivity index (χ1v) is 7.98. The lowest BCUT2D eigenvalue weighted by Gasteiger charge is -2.32. The minimum atomic E-state index is -0.437. The van der Waals surface area contributed by atoms with E-state index in [0.29, 0.717) is 18.1 Å². The van der Waals surface area contributed by atoms with Crippen LogP contribution in [0.1, 0.15) is 30.1 Å². The Balaban J connectivity index is 1.71. The average Bonchev–Trinajstić information content (AvgIpc) is 2.97. The molecule has 1 aromatic carbocycles. The number of hydrogen-bond donors (Lipinski definition) is 0. The van der Waals surface area contributed by atoms with E-state index >= 15 is 0 Å². The summed E-state index contributed by atoms with van der Waals surface area (Å²) in [6.07, 6.45) is 3.51. The second kappa shape index (κ2) is 6.66. The van der Waals surface area contributed by atoms with Gasteiger partial charge in [-0.05, 0) is 25.0 Å². The van der Waals surface area contributed by atoms with Crippen molar-refractivity contribution in [2.24, 2.45) is 7.05 Å². The number of carbonyl (C=O) groups is 1. The third-order valence-corrected chi connectivity index (χ3v) is 4.63. The lowest BCUT2D eigenvalue weighted by atomic mass is 9.96. The largest absolute Gasteiger partial charge is 0.342 e. The monoisotopic (exact) mass is 336 g/mol. The molecular formula is C16H18ClFN4O. The maximum atomic E-state index is 13.9. The van der Waals surface area contributed by atoms with Crippen molar-refractivity contribution in [2.45, 2.75) is 25.2 Å². The molecule has 1 saturated heterocycles. The number of carbonyl (C=O) groups excluding carboxylic acids is 1. The Kier molecular flexibility index (Phi) is 4.61. The van der Waals surface area contributed by atoms with Gasteiger partial charge in [-0.1, -0.05) is 17.7 Å². The van der Waals surface area contributed by atoms with E-state index < -0.39 is 5.82 Å². The highest BCUT2D eigenvalue weighted by atomic mass is 35.5. The number of piperidine rings is 1. The second-order valence-corrected chi connectivity index (χ2v) is 6.26. The summed E-state index contributed by atoms with van der Waals surface area (Å²) >= 11 is 6.01. The first-order chi connectivity index (χ1) is 11.1. The SMILES string of the molecule is Cn1cnnc1[C@@H]1CCCN(C(=O)Cc2c(F)cccc2Cl)C1. The van der Waals surface area contributed by atoms with Crippen LogP contribution in [0, 0.1) is 5.82 Å². The summed E-state index contributed by atoms with van der Waals surface area (Å²) in [7, 11) is 1.90. The van der Waals surface area contributed by atoms with Crippen molar-refractivity contribution in [1.29, 1.82) is 0 Å². The Morgan fingerprint density at radius 3 is 3.00 bits per heavy atom. The number of aryl methyl sites for hydroxylation is 1. The highest BCUT2D eigenvalue weighted by Gasteiger charge is 2.28. The molecule has 2 heterocycles. The van der Waals surface area contributed by atoms with Crippen LogP contribution in [0.5, 0.6) is 0 Å². The fourth-order valence-electron chi connectivity index (χ4n) is 3.04. The maximum Gasteiger partial charge on any atom is 0.227 e. The van der Waals surface area contributed by atoms with Crippen LogP contribution in [0.2, 0.25) is 5.02 Å². The topological polar surface area (TPSA) is 51.0 Å². The summed E-state index contributed by atoms with van der Waals surface area (Å²) in [5.41, 5.74) is 0.264. The molecule has 122 valence electrons. The molecule has 0 spiro atoms. The van der Waals surface area contributed by atoms with Crippen molar-refractivity contribution in [2.75, 3.05) is 13.1 Å². The number of amides is 1. The number of rotatable bonds is 3. The normalized spacial score (nSPS) is 18.2. The van der Waals surface area contributed by atoms with E-state index in [1.54, 1.807) is 17.3 Å². The van der Waals surface area contributed by atoms with Gasteiger partial charge in [-0.2, -0.15) is 0 Å². The smallest absolute Gasteiger partial charge is 0.227 e. The molecule has 1 fully saturated rings. The lowest BCUT2D eigenvalue weighted by Crippen LogP contribution is -2.40. The second-order valence-electron chi connectivity index (χ2n) is 5.86. The highest BCUT2D eigenvalue weighted by molar-refractivity contribution is 6.31. The number of hydrogen-bond acceptors (Lipinski definition) is 3. The van der Waals surface area contributed by atoms with Gasteiger partial charge in [-0.15, -0.1) is 10.2 Å². The van der Waals surface area contributed by atoms with Crippen molar-refractivity contribution in [3.63, 3.8) is 0 Å². The van der Waals surface area contributed by atoms with Crippen LogP contribution in [0.15, 0.2) is 24.5 Å². The van der Waals surface area contributed by atoms with Crippen molar-refractivity contribution in [3.05, 3.63) is 46.8 Å². The van der Waals surface area contributed by atoms with E-state index in [4.69, 9.17) is 11.6 Å². The summed E-state index contributed by atoms with van der Waals surface area (Å²) in [6.45, 7) is 1.26. The van der Waals surface area contributed by atoms with E-state index in [0.717, 1.165) is 18.7 Å². The van der Waals surface area contributed by atoms with Crippen molar-refractivity contribution >= 4 is 17.5 Å². The van der Waals surface area contributed by atoms with E-state index in [2.05, 4.69) is 10.2 Å². The molecule has 2 aromatic rings. The van der Waals surface area contributed by atoms with Gasteiger partial charge in [0.2, 0.25) is 5.91 Å². The van der Waals surface area contributed by atoms with Gasteiger partial charge in [-0.25, -0.2) is 4.39 Å².